The van der Waals surface area contributed by atoms with E-state index >= 15 is 0 Å². The van der Waals surface area contributed by atoms with Crippen molar-refractivity contribution in [3.63, 3.8) is 0 Å². The summed E-state index contributed by atoms with van der Waals surface area (Å²) in [7, 11) is -0.797. The van der Waals surface area contributed by atoms with Crippen LogP contribution in [0.1, 0.15) is 0 Å². The third kappa shape index (κ3) is 2.78. The Kier molecular flexibility index (Phi) is 3.78. The Morgan fingerprint density at radius 1 is 1.04 bits per heavy atom. The molecule has 2 aromatic heterocycles. The molecule has 23 heavy (non-hydrogen) atoms. The minimum Gasteiger partial charge on any atom is -0.493 e. The normalized spacial score (nSPS) is 11.4. The largest absolute Gasteiger partial charge is 0.493 e. The molecule has 0 aliphatic rings. The summed E-state index contributed by atoms with van der Waals surface area (Å²) in [6.45, 7) is 0. The Hall–Kier alpha value is -2.81. The summed E-state index contributed by atoms with van der Waals surface area (Å²) in [5, 5.41) is 4.11. The van der Waals surface area contributed by atoms with E-state index in [4.69, 9.17) is 9.47 Å². The van der Waals surface area contributed by atoms with Crippen molar-refractivity contribution in [2.24, 2.45) is 0 Å². The van der Waals surface area contributed by atoms with Crippen LogP contribution in [-0.4, -0.2) is 37.2 Å². The summed E-state index contributed by atoms with van der Waals surface area (Å²) in [6.07, 6.45) is 0. The predicted molar refractivity (Wildman–Crippen MR) is 83.3 cm³/mol. The van der Waals surface area contributed by atoms with Gasteiger partial charge >= 0.3 is 0 Å². The van der Waals surface area contributed by atoms with Crippen LogP contribution in [-0.2, 0) is 10.0 Å². The zero-order valence-corrected chi connectivity index (χ0v) is 13.2. The number of benzene rings is 1. The molecule has 9 heteroatoms. The molecule has 2 heterocycles. The minimum absolute atomic E-state index is 0.0725. The molecule has 120 valence electrons. The molecule has 0 bridgehead atoms. The number of hydrogen-bond donors (Lipinski definition) is 1. The molecule has 0 atom stereocenters. The van der Waals surface area contributed by atoms with Gasteiger partial charge < -0.3 is 9.47 Å². The number of nitrogens with one attached hydrogen (secondary N) is 1. The van der Waals surface area contributed by atoms with E-state index in [1.807, 2.05) is 0 Å². The van der Waals surface area contributed by atoms with Crippen LogP contribution in [0.5, 0.6) is 11.6 Å². The minimum atomic E-state index is -3.77. The number of ether oxygens (including phenoxy) is 2. The Bertz CT molecular complexity index is 897. The van der Waals surface area contributed by atoms with Crippen molar-refractivity contribution in [1.29, 1.82) is 0 Å². The average molecular weight is 334 g/mol. The third-order valence-electron chi connectivity index (χ3n) is 3.12. The first kappa shape index (κ1) is 15.1. The van der Waals surface area contributed by atoms with Crippen molar-refractivity contribution in [2.45, 2.75) is 4.90 Å². The van der Waals surface area contributed by atoms with Gasteiger partial charge in [0.25, 0.3) is 16.0 Å². The summed E-state index contributed by atoms with van der Waals surface area (Å²) in [5.41, 5.74) is 0.345. The van der Waals surface area contributed by atoms with Crippen LogP contribution < -0.4 is 14.2 Å². The van der Waals surface area contributed by atoms with E-state index in [1.54, 1.807) is 30.3 Å². The molecule has 0 radical (unpaired) electrons. The van der Waals surface area contributed by atoms with E-state index in [2.05, 4.69) is 14.8 Å². The molecule has 0 aliphatic carbocycles. The van der Waals surface area contributed by atoms with Crippen molar-refractivity contribution in [3.05, 3.63) is 42.5 Å². The first-order valence-electron chi connectivity index (χ1n) is 6.61. The first-order valence-corrected chi connectivity index (χ1v) is 8.09. The zero-order chi connectivity index (χ0) is 16.4. The van der Waals surface area contributed by atoms with E-state index in [-0.39, 0.29) is 10.8 Å². The molecule has 0 aliphatic heterocycles. The average Bonchev–Trinajstić information content (AvgIpc) is 2.97. The molecule has 3 rings (SSSR count). The number of methoxy groups -OCH3 is 2. The third-order valence-corrected chi connectivity index (χ3v) is 4.47. The van der Waals surface area contributed by atoms with Crippen molar-refractivity contribution >= 4 is 21.6 Å². The monoisotopic (exact) mass is 334 g/mol. The highest BCUT2D eigenvalue weighted by Crippen LogP contribution is 2.25. The van der Waals surface area contributed by atoms with Crippen molar-refractivity contribution < 1.29 is 17.9 Å². The maximum Gasteiger partial charge on any atom is 0.264 e. The van der Waals surface area contributed by atoms with Gasteiger partial charge in [-0.1, -0.05) is 18.2 Å². The van der Waals surface area contributed by atoms with Crippen LogP contribution in [0.3, 0.4) is 0 Å². The van der Waals surface area contributed by atoms with Gasteiger partial charge in [-0.25, -0.2) is 13.1 Å². The number of hydrogen-bond acceptors (Lipinski definition) is 6. The molecule has 8 nitrogen and oxygen atoms in total. The highest BCUT2D eigenvalue weighted by molar-refractivity contribution is 7.92. The van der Waals surface area contributed by atoms with Crippen LogP contribution >= 0.6 is 0 Å². The van der Waals surface area contributed by atoms with Crippen LogP contribution in [0, 0.1) is 0 Å². The number of anilines is 1. The highest BCUT2D eigenvalue weighted by atomic mass is 32.2. The molecular weight excluding hydrogens is 320 g/mol. The van der Waals surface area contributed by atoms with Gasteiger partial charge in [0.15, 0.2) is 5.75 Å². The lowest BCUT2D eigenvalue weighted by Crippen LogP contribution is -2.13. The highest BCUT2D eigenvalue weighted by Gasteiger charge is 2.19. The van der Waals surface area contributed by atoms with Gasteiger partial charge in [-0.15, -0.1) is 5.10 Å². The summed E-state index contributed by atoms with van der Waals surface area (Å²) >= 11 is 0. The van der Waals surface area contributed by atoms with Gasteiger partial charge in [0.2, 0.25) is 11.5 Å². The van der Waals surface area contributed by atoms with Crippen molar-refractivity contribution in [3.8, 4) is 11.6 Å². The smallest absolute Gasteiger partial charge is 0.264 e. The zero-order valence-electron chi connectivity index (χ0n) is 12.4. The van der Waals surface area contributed by atoms with Gasteiger partial charge in [0.1, 0.15) is 0 Å². The number of aromatic nitrogens is 3. The van der Waals surface area contributed by atoms with E-state index in [0.29, 0.717) is 17.3 Å². The van der Waals surface area contributed by atoms with Crippen molar-refractivity contribution in [1.82, 2.24) is 14.6 Å². The first-order chi connectivity index (χ1) is 11.0. The number of rotatable bonds is 5. The summed E-state index contributed by atoms with van der Waals surface area (Å²) in [4.78, 5) is 4.28. The molecule has 0 unspecified atom stereocenters. The second-order valence-electron chi connectivity index (χ2n) is 4.53. The Morgan fingerprint density at radius 2 is 1.78 bits per heavy atom. The SMILES string of the molecule is COc1ccc(OC)n2nc(NS(=O)(=O)c3ccccc3)nc12. The topological polar surface area (TPSA) is 94.8 Å². The maximum atomic E-state index is 12.3. The number of pyridine rings is 1. The molecule has 0 fully saturated rings. The van der Waals surface area contributed by atoms with Crippen molar-refractivity contribution in [2.75, 3.05) is 18.9 Å². The van der Waals surface area contributed by atoms with E-state index < -0.39 is 10.0 Å². The van der Waals surface area contributed by atoms with Gasteiger partial charge in [-0.3, -0.25) is 0 Å². The number of fused-ring (bicyclic) bond motifs is 1. The second-order valence-corrected chi connectivity index (χ2v) is 6.22. The quantitative estimate of drug-likeness (QED) is 0.760. The second kappa shape index (κ2) is 5.76. The Balaban J connectivity index is 2.04. The lowest BCUT2D eigenvalue weighted by molar-refractivity contribution is 0.379. The van der Waals surface area contributed by atoms with Crippen LogP contribution in [0.15, 0.2) is 47.4 Å². The summed E-state index contributed by atoms with van der Waals surface area (Å²) < 4.78 is 38.7. The van der Waals surface area contributed by atoms with E-state index in [0.717, 1.165) is 0 Å². The predicted octanol–water partition coefficient (Wildman–Crippen LogP) is 1.55. The summed E-state index contributed by atoms with van der Waals surface area (Å²) in [5.74, 6) is 0.776. The summed E-state index contributed by atoms with van der Waals surface area (Å²) in [6, 6.07) is 11.3. The molecule has 0 saturated heterocycles. The molecule has 1 N–H and O–H groups in total. The van der Waals surface area contributed by atoms with E-state index in [1.165, 1.54) is 30.9 Å². The molecule has 1 aromatic carbocycles. The van der Waals surface area contributed by atoms with Gasteiger partial charge in [-0.2, -0.15) is 9.50 Å². The number of sulfonamides is 1. The van der Waals surface area contributed by atoms with E-state index in [9.17, 15) is 8.42 Å². The fourth-order valence-electron chi connectivity index (χ4n) is 2.05. The fraction of sp³-hybridized carbons (Fsp3) is 0.143. The van der Waals surface area contributed by atoms with Gasteiger partial charge in [-0.05, 0) is 18.2 Å². The van der Waals surface area contributed by atoms with Crippen LogP contribution in [0.2, 0.25) is 0 Å². The molecule has 0 spiro atoms. The maximum absolute atomic E-state index is 12.3. The molecule has 0 saturated carbocycles. The molecular formula is C14H14N4O4S. The molecule has 0 amide bonds. The van der Waals surface area contributed by atoms with Gasteiger partial charge in [0.05, 0.1) is 19.1 Å². The molecule has 3 aromatic rings. The van der Waals surface area contributed by atoms with Crippen LogP contribution in [0.4, 0.5) is 5.95 Å². The Labute approximate surface area is 132 Å². The Morgan fingerprint density at radius 3 is 2.43 bits per heavy atom. The van der Waals surface area contributed by atoms with Crippen LogP contribution in [0.25, 0.3) is 5.65 Å². The fourth-order valence-corrected chi connectivity index (χ4v) is 3.01. The van der Waals surface area contributed by atoms with Gasteiger partial charge in [0, 0.05) is 6.07 Å². The number of nitrogens with zero attached hydrogens (tertiary/aromatic N) is 3. The lowest BCUT2D eigenvalue weighted by Gasteiger charge is -2.04. The lowest BCUT2D eigenvalue weighted by atomic mass is 10.4. The standard InChI is InChI=1S/C14H14N4O4S/c1-21-11-8-9-12(22-2)18-13(11)15-14(16-18)17-23(19,20)10-6-4-3-5-7-10/h3-9H,1-2H3,(H,16,17).